The maximum atomic E-state index is 12.0. The summed E-state index contributed by atoms with van der Waals surface area (Å²) in [7, 11) is 0. The molecule has 0 saturated carbocycles. The molecular weight excluding hydrogens is 339 g/mol. The van der Waals surface area contributed by atoms with Crippen LogP contribution in [0.3, 0.4) is 0 Å². The summed E-state index contributed by atoms with van der Waals surface area (Å²) in [6.45, 7) is 0.227. The zero-order chi connectivity index (χ0) is 14.6. The van der Waals surface area contributed by atoms with Gasteiger partial charge in [0.1, 0.15) is 18.1 Å². The fraction of sp³-hybridized carbons (Fsp3) is 0.154. The summed E-state index contributed by atoms with van der Waals surface area (Å²) in [6, 6.07) is 7.24. The molecule has 1 aromatic carbocycles. The molecule has 7 heteroatoms. The number of nitrogens with zero attached hydrogens (tertiary/aromatic N) is 1. The molecule has 0 atom stereocenters. The van der Waals surface area contributed by atoms with Crippen LogP contribution in [-0.2, 0) is 6.61 Å². The van der Waals surface area contributed by atoms with E-state index in [0.29, 0.717) is 5.75 Å². The lowest BCUT2D eigenvalue weighted by atomic mass is 10.2. The molecule has 106 valence electrons. The summed E-state index contributed by atoms with van der Waals surface area (Å²) >= 11 is 3.26. The SMILES string of the molecule is FC(F)(F)Oc1ccc(COc2cncc(Br)c2)cc1. The van der Waals surface area contributed by atoms with Crippen LogP contribution in [-0.4, -0.2) is 11.3 Å². The van der Waals surface area contributed by atoms with Gasteiger partial charge in [-0.3, -0.25) is 4.98 Å². The fourth-order valence-corrected chi connectivity index (χ4v) is 1.77. The second-order valence-electron chi connectivity index (χ2n) is 3.82. The Kier molecular flexibility index (Phi) is 4.49. The summed E-state index contributed by atoms with van der Waals surface area (Å²) in [4.78, 5) is 3.93. The molecule has 0 aliphatic heterocycles. The van der Waals surface area contributed by atoms with Crippen molar-refractivity contribution in [3.05, 3.63) is 52.8 Å². The van der Waals surface area contributed by atoms with Gasteiger partial charge in [-0.2, -0.15) is 0 Å². The molecule has 0 saturated heterocycles. The minimum atomic E-state index is -4.68. The van der Waals surface area contributed by atoms with Crippen LogP contribution in [0.2, 0.25) is 0 Å². The van der Waals surface area contributed by atoms with E-state index in [9.17, 15) is 13.2 Å². The van der Waals surface area contributed by atoms with E-state index in [2.05, 4.69) is 25.7 Å². The minimum Gasteiger partial charge on any atom is -0.487 e. The molecule has 3 nitrogen and oxygen atoms in total. The van der Waals surface area contributed by atoms with E-state index < -0.39 is 6.36 Å². The van der Waals surface area contributed by atoms with E-state index in [-0.39, 0.29) is 12.4 Å². The van der Waals surface area contributed by atoms with Gasteiger partial charge in [-0.1, -0.05) is 12.1 Å². The van der Waals surface area contributed by atoms with Gasteiger partial charge < -0.3 is 9.47 Å². The number of benzene rings is 1. The highest BCUT2D eigenvalue weighted by molar-refractivity contribution is 9.10. The average Bonchev–Trinajstić information content (AvgIpc) is 2.36. The summed E-state index contributed by atoms with van der Waals surface area (Å²) in [5, 5.41) is 0. The van der Waals surface area contributed by atoms with Gasteiger partial charge in [-0.25, -0.2) is 0 Å². The smallest absolute Gasteiger partial charge is 0.487 e. The largest absolute Gasteiger partial charge is 0.573 e. The van der Waals surface area contributed by atoms with Crippen LogP contribution in [0.15, 0.2) is 47.2 Å². The number of hydrogen-bond donors (Lipinski definition) is 0. The van der Waals surface area contributed by atoms with E-state index in [0.717, 1.165) is 10.0 Å². The van der Waals surface area contributed by atoms with Crippen LogP contribution in [0.4, 0.5) is 13.2 Å². The predicted molar refractivity (Wildman–Crippen MR) is 69.4 cm³/mol. The first-order valence-electron chi connectivity index (χ1n) is 5.50. The molecule has 0 aliphatic rings. The molecule has 2 rings (SSSR count). The molecule has 0 bridgehead atoms. The van der Waals surface area contributed by atoms with Gasteiger partial charge in [0.05, 0.1) is 6.20 Å². The van der Waals surface area contributed by atoms with E-state index in [1.54, 1.807) is 18.5 Å². The van der Waals surface area contributed by atoms with Crippen molar-refractivity contribution < 1.29 is 22.6 Å². The number of pyridine rings is 1. The second kappa shape index (κ2) is 6.13. The second-order valence-corrected chi connectivity index (χ2v) is 4.73. The van der Waals surface area contributed by atoms with Gasteiger partial charge in [0.15, 0.2) is 0 Å². The van der Waals surface area contributed by atoms with Gasteiger partial charge in [0.2, 0.25) is 0 Å². The van der Waals surface area contributed by atoms with E-state index in [1.165, 1.54) is 24.3 Å². The van der Waals surface area contributed by atoms with E-state index in [4.69, 9.17) is 4.74 Å². The van der Waals surface area contributed by atoms with Gasteiger partial charge >= 0.3 is 6.36 Å². The topological polar surface area (TPSA) is 31.4 Å². The zero-order valence-corrected chi connectivity index (χ0v) is 11.6. The number of hydrogen-bond acceptors (Lipinski definition) is 3. The third kappa shape index (κ3) is 4.73. The number of alkyl halides is 3. The summed E-state index contributed by atoms with van der Waals surface area (Å²) in [5.41, 5.74) is 0.722. The Balaban J connectivity index is 1.94. The number of rotatable bonds is 4. The third-order valence-electron chi connectivity index (χ3n) is 2.24. The Morgan fingerprint density at radius 1 is 1.05 bits per heavy atom. The molecule has 2 aromatic rings. The lowest BCUT2D eigenvalue weighted by molar-refractivity contribution is -0.274. The van der Waals surface area contributed by atoms with Gasteiger partial charge in [0.25, 0.3) is 0 Å². The van der Waals surface area contributed by atoms with E-state index in [1.807, 2.05) is 0 Å². The highest BCUT2D eigenvalue weighted by Gasteiger charge is 2.30. The van der Waals surface area contributed by atoms with Crippen LogP contribution in [0.5, 0.6) is 11.5 Å². The number of halogens is 4. The monoisotopic (exact) mass is 347 g/mol. The molecule has 0 aliphatic carbocycles. The Bertz CT molecular complexity index is 573. The highest BCUT2D eigenvalue weighted by Crippen LogP contribution is 2.23. The lowest BCUT2D eigenvalue weighted by Gasteiger charge is -2.10. The van der Waals surface area contributed by atoms with Gasteiger partial charge in [0, 0.05) is 10.7 Å². The molecule has 20 heavy (non-hydrogen) atoms. The number of aromatic nitrogens is 1. The predicted octanol–water partition coefficient (Wildman–Crippen LogP) is 4.32. The van der Waals surface area contributed by atoms with Crippen molar-refractivity contribution in [1.82, 2.24) is 4.98 Å². The molecule has 0 spiro atoms. The molecule has 0 unspecified atom stereocenters. The van der Waals surface area contributed by atoms with Gasteiger partial charge in [-0.15, -0.1) is 13.2 Å². The van der Waals surface area contributed by atoms with Crippen LogP contribution in [0.1, 0.15) is 5.56 Å². The standard InChI is InChI=1S/C13H9BrF3NO2/c14-10-5-12(7-18-6-10)19-8-9-1-3-11(4-2-9)20-13(15,16)17/h1-7H,8H2. The molecule has 0 amide bonds. The van der Waals surface area contributed by atoms with Crippen LogP contribution < -0.4 is 9.47 Å². The Morgan fingerprint density at radius 3 is 2.35 bits per heavy atom. The Hall–Kier alpha value is -1.76. The maximum absolute atomic E-state index is 12.0. The summed E-state index contributed by atoms with van der Waals surface area (Å²) in [6.07, 6.45) is -1.51. The molecule has 1 aromatic heterocycles. The maximum Gasteiger partial charge on any atom is 0.573 e. The van der Waals surface area contributed by atoms with Crippen molar-refractivity contribution in [2.24, 2.45) is 0 Å². The lowest BCUT2D eigenvalue weighted by Crippen LogP contribution is -2.17. The first-order valence-corrected chi connectivity index (χ1v) is 6.30. The molecular formula is C13H9BrF3NO2. The summed E-state index contributed by atoms with van der Waals surface area (Å²) in [5.74, 6) is 0.306. The fourth-order valence-electron chi connectivity index (χ4n) is 1.43. The summed E-state index contributed by atoms with van der Waals surface area (Å²) < 4.78 is 46.0. The van der Waals surface area contributed by atoms with Crippen LogP contribution in [0.25, 0.3) is 0 Å². The van der Waals surface area contributed by atoms with Crippen molar-refractivity contribution in [1.29, 1.82) is 0 Å². The van der Waals surface area contributed by atoms with Crippen molar-refractivity contribution in [3.63, 3.8) is 0 Å². The zero-order valence-electron chi connectivity index (χ0n) is 10.0. The highest BCUT2D eigenvalue weighted by atomic mass is 79.9. The normalized spacial score (nSPS) is 11.2. The van der Waals surface area contributed by atoms with Crippen molar-refractivity contribution >= 4 is 15.9 Å². The molecule has 0 fully saturated rings. The molecule has 0 N–H and O–H groups in total. The van der Waals surface area contributed by atoms with Crippen molar-refractivity contribution in [2.45, 2.75) is 13.0 Å². The quantitative estimate of drug-likeness (QED) is 0.825. The minimum absolute atomic E-state index is 0.227. The van der Waals surface area contributed by atoms with Crippen LogP contribution in [0, 0.1) is 0 Å². The molecule has 1 heterocycles. The number of ether oxygens (including phenoxy) is 2. The first kappa shape index (κ1) is 14.6. The van der Waals surface area contributed by atoms with Crippen LogP contribution >= 0.6 is 15.9 Å². The third-order valence-corrected chi connectivity index (χ3v) is 2.68. The van der Waals surface area contributed by atoms with E-state index >= 15 is 0 Å². The first-order chi connectivity index (χ1) is 9.42. The van der Waals surface area contributed by atoms with Crippen molar-refractivity contribution in [3.8, 4) is 11.5 Å². The van der Waals surface area contributed by atoms with Gasteiger partial charge in [-0.05, 0) is 39.7 Å². The van der Waals surface area contributed by atoms with Crippen molar-refractivity contribution in [2.75, 3.05) is 0 Å². The Morgan fingerprint density at radius 2 is 1.75 bits per heavy atom. The molecule has 0 radical (unpaired) electrons. The average molecular weight is 348 g/mol. The Labute approximate surface area is 121 Å².